The topological polar surface area (TPSA) is 86.7 Å². The summed E-state index contributed by atoms with van der Waals surface area (Å²) >= 11 is 0. The summed E-state index contributed by atoms with van der Waals surface area (Å²) in [5, 5.41) is 11.1. The Morgan fingerprint density at radius 2 is 1.52 bits per heavy atom. The zero-order valence-corrected chi connectivity index (χ0v) is 18.8. The summed E-state index contributed by atoms with van der Waals surface area (Å²) in [6.45, 7) is 2.16. The summed E-state index contributed by atoms with van der Waals surface area (Å²) in [6.07, 6.45) is 7.11. The third-order valence-corrected chi connectivity index (χ3v) is 5.12. The van der Waals surface area contributed by atoms with E-state index in [0.717, 1.165) is 19.3 Å². The van der Waals surface area contributed by atoms with E-state index in [1.54, 1.807) is 18.2 Å². The molecule has 2 aromatic carbocycles. The fourth-order valence-corrected chi connectivity index (χ4v) is 3.54. The number of unbranched alkanes of at least 4 members (excludes halogenated alkanes) is 5. The smallest absolute Gasteiger partial charge is 0.872 e. The van der Waals surface area contributed by atoms with Crippen molar-refractivity contribution >= 4 is 10.1 Å². The third kappa shape index (κ3) is 8.23. The van der Waals surface area contributed by atoms with Crippen LogP contribution in [0.5, 0.6) is 17.2 Å². The Morgan fingerprint density at radius 3 is 2.15 bits per heavy atom. The first kappa shape index (κ1) is 24.0. The second kappa shape index (κ2) is 11.7. The molecule has 142 valence electrons. The zero-order chi connectivity index (χ0) is 19.0. The maximum Gasteiger partial charge on any atom is 1.00 e. The van der Waals surface area contributed by atoms with Crippen LogP contribution in [0.25, 0.3) is 0 Å². The molecule has 0 atom stereocenters. The van der Waals surface area contributed by atoms with E-state index in [-0.39, 0.29) is 40.2 Å². The Labute approximate surface area is 183 Å². The standard InChI is InChI=1S/C20H26O5S.Na/c1-2-3-4-5-6-7-8-16-15-19(13-14-20(16)26(22,23)24)25-18-11-9-17(21)10-12-18;/h9-15,21H,2-8H2,1H3,(H,22,23,24);/q;+1/p-1. The summed E-state index contributed by atoms with van der Waals surface area (Å²) < 4.78 is 38.4. The van der Waals surface area contributed by atoms with Crippen molar-refractivity contribution in [1.29, 1.82) is 0 Å². The Morgan fingerprint density at radius 1 is 0.926 bits per heavy atom. The zero-order valence-electron chi connectivity index (χ0n) is 16.0. The molecule has 0 saturated carbocycles. The minimum absolute atomic E-state index is 0. The molecular formula is C20H25NaO5S. The first-order chi connectivity index (χ1) is 12.4. The van der Waals surface area contributed by atoms with E-state index in [2.05, 4.69) is 6.92 Å². The monoisotopic (exact) mass is 400 g/mol. The first-order valence-corrected chi connectivity index (χ1v) is 10.4. The number of rotatable bonds is 10. The van der Waals surface area contributed by atoms with Gasteiger partial charge in [0.1, 0.15) is 11.5 Å². The van der Waals surface area contributed by atoms with Crippen molar-refractivity contribution in [3.63, 3.8) is 0 Å². The molecule has 0 spiro atoms. The van der Waals surface area contributed by atoms with Gasteiger partial charge in [0.2, 0.25) is 0 Å². The molecule has 0 bridgehead atoms. The third-order valence-electron chi connectivity index (χ3n) is 4.17. The molecule has 2 aromatic rings. The predicted octanol–water partition coefficient (Wildman–Crippen LogP) is 1.71. The van der Waals surface area contributed by atoms with Crippen molar-refractivity contribution in [2.75, 3.05) is 0 Å². The molecule has 7 heteroatoms. The molecular weight excluding hydrogens is 375 g/mol. The van der Waals surface area contributed by atoms with Crippen LogP contribution in [0.15, 0.2) is 47.4 Å². The first-order valence-electron chi connectivity index (χ1n) is 8.95. The Balaban J connectivity index is 0.00000364. The quantitative estimate of drug-likeness (QED) is 0.373. The molecule has 0 heterocycles. The van der Waals surface area contributed by atoms with Gasteiger partial charge in [0.15, 0.2) is 0 Å². The van der Waals surface area contributed by atoms with Gasteiger partial charge < -0.3 is 9.84 Å². The van der Waals surface area contributed by atoms with E-state index in [0.29, 0.717) is 23.5 Å². The molecule has 0 fully saturated rings. The number of hydrogen-bond acceptors (Lipinski definition) is 4. The minimum Gasteiger partial charge on any atom is -0.872 e. The molecule has 0 aliphatic heterocycles. The largest absolute Gasteiger partial charge is 1.00 e. The van der Waals surface area contributed by atoms with Crippen molar-refractivity contribution in [2.45, 2.75) is 56.8 Å². The second-order valence-electron chi connectivity index (χ2n) is 6.34. The van der Waals surface area contributed by atoms with E-state index < -0.39 is 10.1 Å². The molecule has 0 aliphatic rings. The van der Waals surface area contributed by atoms with E-state index in [1.807, 2.05) is 0 Å². The van der Waals surface area contributed by atoms with Gasteiger partial charge in [0, 0.05) is 0 Å². The maximum absolute atomic E-state index is 11.6. The molecule has 0 radical (unpaired) electrons. The number of aryl methyl sites for hydroxylation is 1. The predicted molar refractivity (Wildman–Crippen MR) is 99.3 cm³/mol. The summed E-state index contributed by atoms with van der Waals surface area (Å²) in [5.74, 6) is 0.856. The number of benzene rings is 2. The SMILES string of the molecule is CCCCCCCCc1cc(Oc2ccc([O-])cc2)ccc1S(=O)(=O)O.[Na+]. The minimum atomic E-state index is -4.28. The van der Waals surface area contributed by atoms with Crippen LogP contribution < -0.4 is 39.4 Å². The summed E-state index contributed by atoms with van der Waals surface area (Å²) in [6, 6.07) is 10.4. The van der Waals surface area contributed by atoms with Gasteiger partial charge in [0.25, 0.3) is 10.1 Å². The molecule has 0 unspecified atom stereocenters. The summed E-state index contributed by atoms with van der Waals surface area (Å²) in [7, 11) is -4.28. The van der Waals surface area contributed by atoms with Crippen LogP contribution >= 0.6 is 0 Å². The van der Waals surface area contributed by atoms with Crippen LogP contribution in [0, 0.1) is 0 Å². The maximum atomic E-state index is 11.6. The molecule has 0 amide bonds. The molecule has 0 aromatic heterocycles. The van der Waals surface area contributed by atoms with E-state index in [4.69, 9.17) is 4.74 Å². The average Bonchev–Trinajstić information content (AvgIpc) is 2.59. The van der Waals surface area contributed by atoms with Crippen LogP contribution in [-0.4, -0.2) is 13.0 Å². The van der Waals surface area contributed by atoms with Crippen LogP contribution in [0.1, 0.15) is 51.0 Å². The van der Waals surface area contributed by atoms with Crippen LogP contribution in [0.3, 0.4) is 0 Å². The van der Waals surface area contributed by atoms with Gasteiger partial charge in [0.05, 0.1) is 4.90 Å². The van der Waals surface area contributed by atoms with E-state index >= 15 is 0 Å². The van der Waals surface area contributed by atoms with Crippen molar-refractivity contribution in [1.82, 2.24) is 0 Å². The van der Waals surface area contributed by atoms with Gasteiger partial charge in [-0.25, -0.2) is 0 Å². The van der Waals surface area contributed by atoms with E-state index in [9.17, 15) is 18.1 Å². The molecule has 1 N–H and O–H groups in total. The Bertz CT molecular complexity index is 804. The molecule has 0 saturated heterocycles. The average molecular weight is 400 g/mol. The van der Waals surface area contributed by atoms with Gasteiger partial charge in [-0.3, -0.25) is 4.55 Å². The fraction of sp³-hybridized carbons (Fsp3) is 0.400. The number of hydrogen-bond donors (Lipinski definition) is 1. The summed E-state index contributed by atoms with van der Waals surface area (Å²) in [5.41, 5.74) is 0.543. The van der Waals surface area contributed by atoms with Gasteiger partial charge in [-0.2, -0.15) is 8.42 Å². The van der Waals surface area contributed by atoms with Gasteiger partial charge in [-0.1, -0.05) is 51.2 Å². The van der Waals surface area contributed by atoms with E-state index in [1.165, 1.54) is 43.5 Å². The van der Waals surface area contributed by atoms with Crippen molar-refractivity contribution < 1.29 is 52.4 Å². The Hall–Kier alpha value is -1.05. The number of ether oxygens (including phenoxy) is 1. The van der Waals surface area contributed by atoms with Crippen LogP contribution in [0.2, 0.25) is 0 Å². The normalized spacial score (nSPS) is 11.0. The molecule has 0 aliphatic carbocycles. The van der Waals surface area contributed by atoms with Gasteiger partial charge in [-0.15, -0.1) is 5.75 Å². The van der Waals surface area contributed by atoms with Crippen LogP contribution in [-0.2, 0) is 16.5 Å². The van der Waals surface area contributed by atoms with Gasteiger partial charge >= 0.3 is 29.6 Å². The summed E-state index contributed by atoms with van der Waals surface area (Å²) in [4.78, 5) is -0.0756. The fourth-order valence-electron chi connectivity index (χ4n) is 2.81. The molecule has 2 rings (SSSR count). The Kier molecular flexibility index (Phi) is 10.4. The molecule has 5 nitrogen and oxygen atoms in total. The van der Waals surface area contributed by atoms with Crippen molar-refractivity contribution in [3.05, 3.63) is 48.0 Å². The van der Waals surface area contributed by atoms with Crippen LogP contribution in [0.4, 0.5) is 0 Å². The molecule has 27 heavy (non-hydrogen) atoms. The van der Waals surface area contributed by atoms with Crippen molar-refractivity contribution in [3.8, 4) is 17.2 Å². The second-order valence-corrected chi connectivity index (χ2v) is 7.73. The van der Waals surface area contributed by atoms with Gasteiger partial charge in [-0.05, 0) is 48.7 Å². The van der Waals surface area contributed by atoms with Crippen molar-refractivity contribution in [2.24, 2.45) is 0 Å².